The summed E-state index contributed by atoms with van der Waals surface area (Å²) >= 11 is 0. The van der Waals surface area contributed by atoms with Crippen LogP contribution in [0.3, 0.4) is 0 Å². The molecule has 30 heavy (non-hydrogen) atoms. The van der Waals surface area contributed by atoms with E-state index in [2.05, 4.69) is 29.9 Å². The number of fused-ring (bicyclic) bond motifs is 3. The number of halogens is 1. The molecule has 5 heterocycles. The highest BCUT2D eigenvalue weighted by atomic mass is 19.1. The molecule has 0 fully saturated rings. The smallest absolute Gasteiger partial charge is 0.328 e. The van der Waals surface area contributed by atoms with Gasteiger partial charge in [-0.25, -0.2) is 29.1 Å². The van der Waals surface area contributed by atoms with Crippen molar-refractivity contribution in [1.82, 2.24) is 39.0 Å². The number of rotatable bonds is 2. The highest BCUT2D eigenvalue weighted by Crippen LogP contribution is 2.37. The van der Waals surface area contributed by atoms with Crippen molar-refractivity contribution in [3.8, 4) is 11.7 Å². The molecule has 1 aliphatic heterocycles. The number of nitrogens with one attached hydrogen (secondary N) is 1. The van der Waals surface area contributed by atoms with Gasteiger partial charge in [-0.2, -0.15) is 4.98 Å². The summed E-state index contributed by atoms with van der Waals surface area (Å²) < 4.78 is 22.7. The van der Waals surface area contributed by atoms with Crippen molar-refractivity contribution in [2.45, 2.75) is 18.8 Å². The number of aromatic amines is 1. The predicted molar refractivity (Wildman–Crippen MR) is 103 cm³/mol. The minimum Gasteiger partial charge on any atom is -0.460 e. The van der Waals surface area contributed by atoms with Gasteiger partial charge in [-0.3, -0.25) is 9.13 Å². The summed E-state index contributed by atoms with van der Waals surface area (Å²) in [5.41, 5.74) is 2.25. The number of benzene rings is 1. The predicted octanol–water partition coefficient (Wildman–Crippen LogP) is 1.92. The van der Waals surface area contributed by atoms with Crippen LogP contribution >= 0.6 is 0 Å². The van der Waals surface area contributed by atoms with Crippen molar-refractivity contribution in [3.63, 3.8) is 0 Å². The fourth-order valence-electron chi connectivity index (χ4n) is 3.83. The summed E-state index contributed by atoms with van der Waals surface area (Å²) in [5, 5.41) is 0. The third-order valence-corrected chi connectivity index (χ3v) is 5.14. The molecule has 148 valence electrons. The Morgan fingerprint density at radius 1 is 1.17 bits per heavy atom. The monoisotopic (exact) mass is 404 g/mol. The number of hydrogen-bond acceptors (Lipinski definition) is 7. The van der Waals surface area contributed by atoms with E-state index in [1.165, 1.54) is 23.4 Å². The number of para-hydroxylation sites is 1. The average Bonchev–Trinajstić information content (AvgIpc) is 3.33. The van der Waals surface area contributed by atoms with Crippen LogP contribution < -0.4 is 10.4 Å². The average molecular weight is 404 g/mol. The van der Waals surface area contributed by atoms with Crippen molar-refractivity contribution < 1.29 is 9.13 Å². The van der Waals surface area contributed by atoms with Gasteiger partial charge in [0.2, 0.25) is 12.3 Å². The molecule has 0 amide bonds. The minimum absolute atomic E-state index is 0.00887. The Morgan fingerprint density at radius 3 is 3.00 bits per heavy atom. The maximum Gasteiger partial charge on any atom is 0.328 e. The first-order chi connectivity index (χ1) is 14.7. The standard InChI is InChI=1S/C19H13FN8O2/c20-15-5-12(10-3-1-2-4-14(10)30-15)28-17-11(25-19(28)29)6-22-18(26-17)27-9-24-16-13(27)7-21-8-23-16/h1-4,6-9,12,15H,5H2,(H,25,29)/t12?,15-/m0/s1. The lowest BCUT2D eigenvalue weighted by Gasteiger charge is -2.28. The van der Waals surface area contributed by atoms with Gasteiger partial charge in [0.1, 0.15) is 29.4 Å². The molecule has 0 aliphatic carbocycles. The SMILES string of the molecule is O=c1[nH]c2cnc(-n3cnc4ncncc43)nc2n1C1C[C@@H](F)Oc2ccccc21. The van der Waals surface area contributed by atoms with E-state index < -0.39 is 18.1 Å². The second-order valence-corrected chi connectivity index (χ2v) is 6.87. The highest BCUT2D eigenvalue weighted by molar-refractivity contribution is 5.73. The van der Waals surface area contributed by atoms with Crippen LogP contribution in [0.5, 0.6) is 5.75 Å². The van der Waals surface area contributed by atoms with E-state index in [4.69, 9.17) is 4.74 Å². The molecular weight excluding hydrogens is 391 g/mol. The Hall–Kier alpha value is -4.15. The zero-order chi connectivity index (χ0) is 20.2. The van der Waals surface area contributed by atoms with Crippen molar-refractivity contribution in [3.05, 3.63) is 65.4 Å². The lowest BCUT2D eigenvalue weighted by Crippen LogP contribution is -2.31. The van der Waals surface area contributed by atoms with E-state index in [0.717, 1.165) is 5.56 Å². The van der Waals surface area contributed by atoms with Crippen LogP contribution in [0, 0.1) is 0 Å². The van der Waals surface area contributed by atoms with Gasteiger partial charge in [-0.05, 0) is 6.07 Å². The Kier molecular flexibility index (Phi) is 3.45. The number of H-pyrrole nitrogens is 1. The molecule has 0 radical (unpaired) electrons. The van der Waals surface area contributed by atoms with Gasteiger partial charge in [-0.15, -0.1) is 0 Å². The van der Waals surface area contributed by atoms with Gasteiger partial charge in [0.05, 0.1) is 18.4 Å². The Labute approximate surface area is 167 Å². The Morgan fingerprint density at radius 2 is 2.07 bits per heavy atom. The van der Waals surface area contributed by atoms with Crippen LogP contribution in [0.15, 0.2) is 54.1 Å². The van der Waals surface area contributed by atoms with Crippen LogP contribution in [0.1, 0.15) is 18.0 Å². The second-order valence-electron chi connectivity index (χ2n) is 6.87. The van der Waals surface area contributed by atoms with Crippen molar-refractivity contribution >= 4 is 22.3 Å². The van der Waals surface area contributed by atoms with Crippen LogP contribution in [0.25, 0.3) is 28.3 Å². The lowest BCUT2D eigenvalue weighted by atomic mass is 10.00. The molecule has 1 aliphatic rings. The third-order valence-electron chi connectivity index (χ3n) is 5.14. The van der Waals surface area contributed by atoms with Gasteiger partial charge in [0.15, 0.2) is 11.3 Å². The third kappa shape index (κ3) is 2.41. The summed E-state index contributed by atoms with van der Waals surface area (Å²) in [5.74, 6) is 0.708. The van der Waals surface area contributed by atoms with Gasteiger partial charge in [-0.1, -0.05) is 18.2 Å². The fraction of sp³-hybridized carbons (Fsp3) is 0.158. The summed E-state index contributed by atoms with van der Waals surface area (Å²) in [6.07, 6.45) is 4.53. The Bertz CT molecular complexity index is 1470. The Balaban J connectivity index is 1.57. The molecule has 0 saturated heterocycles. The topological polar surface area (TPSA) is 116 Å². The zero-order valence-electron chi connectivity index (χ0n) is 15.3. The maximum atomic E-state index is 14.3. The fourth-order valence-corrected chi connectivity index (χ4v) is 3.83. The normalized spacial score (nSPS) is 18.4. The molecule has 0 saturated carbocycles. The largest absolute Gasteiger partial charge is 0.460 e. The van der Waals surface area contributed by atoms with Gasteiger partial charge >= 0.3 is 5.69 Å². The van der Waals surface area contributed by atoms with E-state index in [1.54, 1.807) is 22.9 Å². The second kappa shape index (κ2) is 6.17. The van der Waals surface area contributed by atoms with E-state index in [0.29, 0.717) is 34.0 Å². The van der Waals surface area contributed by atoms with Gasteiger partial charge < -0.3 is 9.72 Å². The molecule has 6 rings (SSSR count). The van der Waals surface area contributed by atoms with E-state index in [1.807, 2.05) is 12.1 Å². The summed E-state index contributed by atoms with van der Waals surface area (Å²) in [4.78, 5) is 36.8. The zero-order valence-corrected chi connectivity index (χ0v) is 15.3. The summed E-state index contributed by atoms with van der Waals surface area (Å²) in [6.45, 7) is 0. The molecule has 1 N–H and O–H groups in total. The molecule has 4 aromatic heterocycles. The first-order valence-electron chi connectivity index (χ1n) is 9.19. The summed E-state index contributed by atoms with van der Waals surface area (Å²) in [6, 6.07) is 6.52. The lowest BCUT2D eigenvalue weighted by molar-refractivity contribution is 0.0338. The molecule has 1 unspecified atom stereocenters. The number of imidazole rings is 2. The molecule has 0 bridgehead atoms. The van der Waals surface area contributed by atoms with Crippen molar-refractivity contribution in [1.29, 1.82) is 0 Å². The maximum absolute atomic E-state index is 14.3. The van der Waals surface area contributed by atoms with Gasteiger partial charge in [0, 0.05) is 12.0 Å². The number of ether oxygens (including phenoxy) is 1. The number of alkyl halides is 1. The molecule has 1 aromatic carbocycles. The van der Waals surface area contributed by atoms with Crippen molar-refractivity contribution in [2.24, 2.45) is 0 Å². The highest BCUT2D eigenvalue weighted by Gasteiger charge is 2.32. The van der Waals surface area contributed by atoms with Crippen LogP contribution in [-0.2, 0) is 0 Å². The van der Waals surface area contributed by atoms with Crippen LogP contribution in [0.4, 0.5) is 4.39 Å². The number of nitrogens with zero attached hydrogens (tertiary/aromatic N) is 7. The first-order valence-corrected chi connectivity index (χ1v) is 9.19. The van der Waals surface area contributed by atoms with Crippen molar-refractivity contribution in [2.75, 3.05) is 0 Å². The van der Waals surface area contributed by atoms with E-state index in [9.17, 15) is 9.18 Å². The van der Waals surface area contributed by atoms with Gasteiger partial charge in [0.25, 0.3) is 0 Å². The quantitative estimate of drug-likeness (QED) is 0.478. The summed E-state index contributed by atoms with van der Waals surface area (Å²) in [7, 11) is 0. The molecule has 0 spiro atoms. The van der Waals surface area contributed by atoms with E-state index in [-0.39, 0.29) is 6.42 Å². The first kappa shape index (κ1) is 16.8. The molecular formula is C19H13FN8O2. The number of hydrogen-bond donors (Lipinski definition) is 1. The number of aromatic nitrogens is 8. The minimum atomic E-state index is -1.53. The molecule has 5 aromatic rings. The van der Waals surface area contributed by atoms with E-state index >= 15 is 0 Å². The van der Waals surface area contributed by atoms with Crippen LogP contribution in [-0.4, -0.2) is 45.4 Å². The van der Waals surface area contributed by atoms with Crippen LogP contribution in [0.2, 0.25) is 0 Å². The molecule has 2 atom stereocenters. The molecule has 11 heteroatoms. The molecule has 10 nitrogen and oxygen atoms in total.